The molecule has 0 unspecified atom stereocenters. The molecule has 0 saturated carbocycles. The van der Waals surface area contributed by atoms with E-state index in [1.807, 2.05) is 0 Å². The zero-order chi connectivity index (χ0) is 13.5. The van der Waals surface area contributed by atoms with Crippen molar-refractivity contribution in [2.45, 2.75) is 71.6 Å². The third-order valence-corrected chi connectivity index (χ3v) is 2.85. The molecule has 0 rings (SSSR count). The largest absolute Gasteiger partial charge is 0.466 e. The first-order valence-corrected chi connectivity index (χ1v) is 7.54. The van der Waals surface area contributed by atoms with Crippen LogP contribution in [0.25, 0.3) is 0 Å². The second kappa shape index (κ2) is 14.5. The Morgan fingerprint density at radius 2 is 1.39 bits per heavy atom. The summed E-state index contributed by atoms with van der Waals surface area (Å²) in [6.45, 7) is 6.19. The summed E-state index contributed by atoms with van der Waals surface area (Å²) in [6.07, 6.45) is 9.79. The molecule has 0 aromatic carbocycles. The molecule has 18 heavy (non-hydrogen) atoms. The highest BCUT2D eigenvalue weighted by atomic mass is 16.5. The van der Waals surface area contributed by atoms with E-state index in [9.17, 15) is 4.79 Å². The van der Waals surface area contributed by atoms with Crippen LogP contribution in [0.1, 0.15) is 71.6 Å². The Labute approximate surface area is 112 Å². The Morgan fingerprint density at radius 1 is 0.778 bits per heavy atom. The van der Waals surface area contributed by atoms with E-state index < -0.39 is 0 Å². The number of carbonyl (C=O) groups excluding carboxylic acids is 1. The van der Waals surface area contributed by atoms with Crippen molar-refractivity contribution in [1.82, 2.24) is 0 Å². The molecule has 0 N–H and O–H groups in total. The van der Waals surface area contributed by atoms with Gasteiger partial charge in [-0.2, -0.15) is 0 Å². The maximum absolute atomic E-state index is 11.3. The number of hydrogen-bond acceptors (Lipinski definition) is 3. The van der Waals surface area contributed by atoms with Crippen molar-refractivity contribution >= 4 is 5.97 Å². The van der Waals surface area contributed by atoms with Crippen molar-refractivity contribution in [2.75, 3.05) is 19.8 Å². The lowest BCUT2D eigenvalue weighted by molar-refractivity contribution is -0.145. The normalized spacial score (nSPS) is 10.6. The van der Waals surface area contributed by atoms with Gasteiger partial charge in [0.2, 0.25) is 0 Å². The van der Waals surface area contributed by atoms with Crippen LogP contribution in [-0.4, -0.2) is 25.8 Å². The van der Waals surface area contributed by atoms with Crippen LogP contribution in [-0.2, 0) is 14.3 Å². The van der Waals surface area contributed by atoms with Crippen molar-refractivity contribution in [1.29, 1.82) is 0 Å². The summed E-state index contributed by atoms with van der Waals surface area (Å²) in [5, 5.41) is 0. The molecular weight excluding hydrogens is 228 g/mol. The van der Waals surface area contributed by atoms with E-state index in [1.165, 1.54) is 32.1 Å². The first-order chi connectivity index (χ1) is 8.81. The highest BCUT2D eigenvalue weighted by Gasteiger charge is 2.02. The molecule has 0 bridgehead atoms. The molecule has 108 valence electrons. The molecule has 3 heteroatoms. The summed E-state index contributed by atoms with van der Waals surface area (Å²) in [5.41, 5.74) is 0. The monoisotopic (exact) mass is 258 g/mol. The minimum atomic E-state index is -0.124. The molecule has 0 aliphatic rings. The molecular formula is C15H30O3. The second-order valence-corrected chi connectivity index (χ2v) is 4.70. The fraction of sp³-hybridized carbons (Fsp3) is 0.933. The predicted octanol–water partition coefficient (Wildman–Crippen LogP) is 4.10. The van der Waals surface area contributed by atoms with Crippen LogP contribution < -0.4 is 0 Å². The number of carbonyl (C=O) groups is 1. The lowest BCUT2D eigenvalue weighted by Crippen LogP contribution is -2.09. The van der Waals surface area contributed by atoms with Crippen molar-refractivity contribution in [3.8, 4) is 0 Å². The quantitative estimate of drug-likeness (QED) is 0.368. The number of ether oxygens (including phenoxy) is 2. The van der Waals surface area contributed by atoms with E-state index in [1.54, 1.807) is 0 Å². The van der Waals surface area contributed by atoms with E-state index >= 15 is 0 Å². The predicted molar refractivity (Wildman–Crippen MR) is 74.7 cm³/mol. The van der Waals surface area contributed by atoms with Gasteiger partial charge in [0, 0.05) is 6.61 Å². The van der Waals surface area contributed by atoms with Gasteiger partial charge in [-0.05, 0) is 12.8 Å². The summed E-state index contributed by atoms with van der Waals surface area (Å²) in [4.78, 5) is 11.3. The van der Waals surface area contributed by atoms with E-state index in [0.717, 1.165) is 25.9 Å². The fourth-order valence-electron chi connectivity index (χ4n) is 1.68. The molecule has 0 atom stereocenters. The fourth-order valence-corrected chi connectivity index (χ4v) is 1.68. The van der Waals surface area contributed by atoms with Gasteiger partial charge >= 0.3 is 5.97 Å². The van der Waals surface area contributed by atoms with Gasteiger partial charge in [-0.25, -0.2) is 0 Å². The van der Waals surface area contributed by atoms with Gasteiger partial charge in [0.1, 0.15) is 0 Å². The molecule has 0 radical (unpaired) electrons. The Morgan fingerprint density at radius 3 is 2.11 bits per heavy atom. The number of esters is 1. The second-order valence-electron chi connectivity index (χ2n) is 4.70. The van der Waals surface area contributed by atoms with Gasteiger partial charge in [-0.15, -0.1) is 0 Å². The Kier molecular flexibility index (Phi) is 14.0. The van der Waals surface area contributed by atoms with Gasteiger partial charge in [0.15, 0.2) is 0 Å². The molecule has 3 nitrogen and oxygen atoms in total. The molecule has 0 spiro atoms. The molecule has 0 saturated heterocycles. The molecule has 0 amide bonds. The van der Waals surface area contributed by atoms with E-state index in [0.29, 0.717) is 19.6 Å². The van der Waals surface area contributed by atoms with Crippen LogP contribution in [0.3, 0.4) is 0 Å². The van der Waals surface area contributed by atoms with E-state index in [2.05, 4.69) is 13.8 Å². The molecule has 0 aromatic rings. The zero-order valence-electron chi connectivity index (χ0n) is 12.2. The average Bonchev–Trinajstić information content (AvgIpc) is 2.38. The third kappa shape index (κ3) is 13.5. The van der Waals surface area contributed by atoms with Gasteiger partial charge in [-0.1, -0.05) is 52.4 Å². The smallest absolute Gasteiger partial charge is 0.308 e. The molecule has 0 fully saturated rings. The molecule has 0 aromatic heterocycles. The van der Waals surface area contributed by atoms with Crippen LogP contribution in [0, 0.1) is 0 Å². The minimum Gasteiger partial charge on any atom is -0.466 e. The van der Waals surface area contributed by atoms with Crippen LogP contribution in [0.4, 0.5) is 0 Å². The van der Waals surface area contributed by atoms with Crippen molar-refractivity contribution in [3.05, 3.63) is 0 Å². The lowest BCUT2D eigenvalue weighted by atomic mass is 10.2. The van der Waals surface area contributed by atoms with Crippen molar-refractivity contribution in [2.24, 2.45) is 0 Å². The van der Waals surface area contributed by atoms with Crippen molar-refractivity contribution in [3.63, 3.8) is 0 Å². The Balaban J connectivity index is 3.12. The van der Waals surface area contributed by atoms with Crippen LogP contribution in [0.15, 0.2) is 0 Å². The average molecular weight is 258 g/mol. The van der Waals surface area contributed by atoms with Gasteiger partial charge in [0.05, 0.1) is 19.6 Å². The number of unbranched alkanes of at least 4 members (excludes halogenated alkanes) is 6. The van der Waals surface area contributed by atoms with Gasteiger partial charge in [0.25, 0.3) is 0 Å². The van der Waals surface area contributed by atoms with E-state index in [-0.39, 0.29) is 5.97 Å². The minimum absolute atomic E-state index is 0.124. The Hall–Kier alpha value is -0.570. The zero-order valence-corrected chi connectivity index (χ0v) is 12.2. The first kappa shape index (κ1) is 17.4. The summed E-state index contributed by atoms with van der Waals surface area (Å²) < 4.78 is 10.5. The van der Waals surface area contributed by atoms with Crippen LogP contribution >= 0.6 is 0 Å². The maximum Gasteiger partial charge on any atom is 0.308 e. The standard InChI is InChI=1S/C15H30O3/c1-3-5-7-8-10-13-18-15(16)11-14-17-12-9-6-4-2/h3-14H2,1-2H3. The van der Waals surface area contributed by atoms with Crippen LogP contribution in [0.5, 0.6) is 0 Å². The summed E-state index contributed by atoms with van der Waals surface area (Å²) in [6, 6.07) is 0. The molecule has 0 heterocycles. The third-order valence-electron chi connectivity index (χ3n) is 2.85. The van der Waals surface area contributed by atoms with Crippen molar-refractivity contribution < 1.29 is 14.3 Å². The highest BCUT2D eigenvalue weighted by Crippen LogP contribution is 2.03. The Bertz CT molecular complexity index is 163. The van der Waals surface area contributed by atoms with Crippen LogP contribution in [0.2, 0.25) is 0 Å². The summed E-state index contributed by atoms with van der Waals surface area (Å²) in [7, 11) is 0. The topological polar surface area (TPSA) is 35.5 Å². The molecule has 0 aliphatic heterocycles. The number of hydrogen-bond donors (Lipinski definition) is 0. The lowest BCUT2D eigenvalue weighted by Gasteiger charge is -2.05. The van der Waals surface area contributed by atoms with Gasteiger partial charge in [-0.3, -0.25) is 4.79 Å². The SMILES string of the molecule is CCCCCCCOC(=O)CCOCCCCC. The van der Waals surface area contributed by atoms with Gasteiger partial charge < -0.3 is 9.47 Å². The molecule has 0 aliphatic carbocycles. The van der Waals surface area contributed by atoms with E-state index in [4.69, 9.17) is 9.47 Å². The number of rotatable bonds is 13. The highest BCUT2D eigenvalue weighted by molar-refractivity contribution is 5.69. The summed E-state index contributed by atoms with van der Waals surface area (Å²) >= 11 is 0. The summed E-state index contributed by atoms with van der Waals surface area (Å²) in [5.74, 6) is -0.124. The maximum atomic E-state index is 11.3. The first-order valence-electron chi connectivity index (χ1n) is 7.54.